The van der Waals surface area contributed by atoms with E-state index in [0.717, 1.165) is 0 Å². The Bertz CT molecular complexity index is 363. The second kappa shape index (κ2) is 8.19. The van der Waals surface area contributed by atoms with Gasteiger partial charge >= 0.3 is 5.51 Å². The van der Waals surface area contributed by atoms with Gasteiger partial charge in [0.2, 0.25) is 0 Å². The number of hydrogen-bond acceptors (Lipinski definition) is 3. The van der Waals surface area contributed by atoms with Crippen LogP contribution in [-0.4, -0.2) is 49.1 Å². The van der Waals surface area contributed by atoms with E-state index in [9.17, 15) is 13.2 Å². The molecule has 122 valence electrons. The molecule has 1 aliphatic rings. The largest absolute Gasteiger partial charge is 0.741 e. The van der Waals surface area contributed by atoms with Crippen LogP contribution in [0.1, 0.15) is 46.0 Å². The standard InChI is InChI=1S/C11H24N.CHF3O3S/c1-3-5-9-12(8-4-2)10-6-7-11-12;2-1(3,4)8(5,6)7/h3-11H2,1-2H3;(H,5,6,7)/q+1;/p-1. The van der Waals surface area contributed by atoms with E-state index in [0.29, 0.717) is 0 Å². The Kier molecular flexibility index (Phi) is 8.05. The lowest BCUT2D eigenvalue weighted by molar-refractivity contribution is -0.917. The Morgan fingerprint density at radius 2 is 1.50 bits per heavy atom. The smallest absolute Gasteiger partial charge is 0.485 e. The number of unbranched alkanes of at least 4 members (excludes halogenated alkanes) is 1. The third kappa shape index (κ3) is 6.90. The van der Waals surface area contributed by atoms with E-state index in [1.807, 2.05) is 0 Å². The number of halogens is 3. The van der Waals surface area contributed by atoms with Crippen molar-refractivity contribution in [2.75, 3.05) is 26.2 Å². The van der Waals surface area contributed by atoms with Crippen molar-refractivity contribution >= 4 is 10.1 Å². The molecule has 0 aromatic carbocycles. The van der Waals surface area contributed by atoms with Crippen LogP contribution in [0.25, 0.3) is 0 Å². The van der Waals surface area contributed by atoms with Crippen LogP contribution in [-0.2, 0) is 10.1 Å². The molecule has 0 atom stereocenters. The SMILES string of the molecule is CCCC[N+]1(CCC)CCCC1.O=S(=O)([O-])C(F)(F)F. The molecule has 1 saturated heterocycles. The Morgan fingerprint density at radius 3 is 1.80 bits per heavy atom. The lowest BCUT2D eigenvalue weighted by Crippen LogP contribution is -2.46. The molecular formula is C12H24F3NO3S. The van der Waals surface area contributed by atoms with Crippen molar-refractivity contribution in [3.8, 4) is 0 Å². The summed E-state index contributed by atoms with van der Waals surface area (Å²) in [4.78, 5) is 0. The van der Waals surface area contributed by atoms with E-state index in [1.54, 1.807) is 0 Å². The molecule has 8 heteroatoms. The van der Waals surface area contributed by atoms with Gasteiger partial charge in [-0.2, -0.15) is 13.2 Å². The number of quaternary nitrogens is 1. The summed E-state index contributed by atoms with van der Waals surface area (Å²) in [5, 5.41) is 0. The van der Waals surface area contributed by atoms with E-state index in [4.69, 9.17) is 13.0 Å². The van der Waals surface area contributed by atoms with Crippen molar-refractivity contribution in [1.82, 2.24) is 0 Å². The molecule has 0 aromatic rings. The minimum atomic E-state index is -6.09. The van der Waals surface area contributed by atoms with Gasteiger partial charge in [0.15, 0.2) is 10.1 Å². The van der Waals surface area contributed by atoms with Crippen molar-refractivity contribution in [3.63, 3.8) is 0 Å². The van der Waals surface area contributed by atoms with E-state index in [-0.39, 0.29) is 0 Å². The van der Waals surface area contributed by atoms with E-state index >= 15 is 0 Å². The first kappa shape index (κ1) is 19.7. The predicted molar refractivity (Wildman–Crippen MR) is 69.9 cm³/mol. The summed E-state index contributed by atoms with van der Waals surface area (Å²) in [7, 11) is -6.09. The zero-order valence-electron chi connectivity index (χ0n) is 12.1. The molecule has 4 nitrogen and oxygen atoms in total. The van der Waals surface area contributed by atoms with Crippen LogP contribution in [0.2, 0.25) is 0 Å². The molecular weight excluding hydrogens is 295 g/mol. The van der Waals surface area contributed by atoms with Gasteiger partial charge in [-0.15, -0.1) is 0 Å². The first-order valence-electron chi connectivity index (χ1n) is 6.95. The Hall–Kier alpha value is -0.340. The van der Waals surface area contributed by atoms with Crippen LogP contribution in [0.3, 0.4) is 0 Å². The number of alkyl halides is 3. The normalized spacial score (nSPS) is 18.5. The van der Waals surface area contributed by atoms with E-state index in [2.05, 4.69) is 13.8 Å². The lowest BCUT2D eigenvalue weighted by Gasteiger charge is -2.34. The molecule has 0 N–H and O–H groups in total. The fraction of sp³-hybridized carbons (Fsp3) is 1.00. The summed E-state index contributed by atoms with van der Waals surface area (Å²) in [6.45, 7) is 10.4. The highest BCUT2D eigenvalue weighted by Gasteiger charge is 2.36. The molecule has 0 aliphatic carbocycles. The van der Waals surface area contributed by atoms with Gasteiger partial charge in [0.05, 0.1) is 26.2 Å². The number of likely N-dealkylation sites (tertiary alicyclic amines) is 1. The molecule has 0 unspecified atom stereocenters. The maximum Gasteiger partial charge on any atom is 0.485 e. The van der Waals surface area contributed by atoms with Gasteiger partial charge in [-0.3, -0.25) is 0 Å². The van der Waals surface area contributed by atoms with Gasteiger partial charge in [0.25, 0.3) is 0 Å². The first-order chi connectivity index (χ1) is 9.08. The van der Waals surface area contributed by atoms with Crippen molar-refractivity contribution in [1.29, 1.82) is 0 Å². The molecule has 1 fully saturated rings. The molecule has 0 amide bonds. The second-order valence-electron chi connectivity index (χ2n) is 5.20. The molecule has 0 spiro atoms. The Labute approximate surface area is 119 Å². The fourth-order valence-electron chi connectivity index (χ4n) is 2.53. The van der Waals surface area contributed by atoms with E-state index in [1.165, 1.54) is 62.8 Å². The third-order valence-corrected chi connectivity index (χ3v) is 4.05. The molecule has 0 bridgehead atoms. The van der Waals surface area contributed by atoms with Gasteiger partial charge in [-0.1, -0.05) is 20.3 Å². The van der Waals surface area contributed by atoms with Crippen LogP contribution < -0.4 is 0 Å². The van der Waals surface area contributed by atoms with Gasteiger partial charge in [0, 0.05) is 12.8 Å². The highest BCUT2D eigenvalue weighted by atomic mass is 32.2. The van der Waals surface area contributed by atoms with Crippen molar-refractivity contribution < 1.29 is 30.6 Å². The minimum absolute atomic E-state index is 1.36. The highest BCUT2D eigenvalue weighted by molar-refractivity contribution is 7.86. The van der Waals surface area contributed by atoms with Crippen molar-refractivity contribution in [3.05, 3.63) is 0 Å². The Balaban J connectivity index is 0.000000396. The molecule has 1 heterocycles. The highest BCUT2D eigenvalue weighted by Crippen LogP contribution is 2.21. The van der Waals surface area contributed by atoms with Crippen molar-refractivity contribution in [2.24, 2.45) is 0 Å². The molecule has 0 aromatic heterocycles. The summed E-state index contributed by atoms with van der Waals surface area (Å²) < 4.78 is 60.4. The molecule has 0 radical (unpaired) electrons. The number of rotatable bonds is 5. The lowest BCUT2D eigenvalue weighted by atomic mass is 10.2. The first-order valence-corrected chi connectivity index (χ1v) is 8.36. The molecule has 1 rings (SSSR count). The number of nitrogens with zero attached hydrogens (tertiary/aromatic N) is 1. The van der Waals surface area contributed by atoms with Crippen LogP contribution in [0.4, 0.5) is 13.2 Å². The van der Waals surface area contributed by atoms with Gasteiger partial charge < -0.3 is 9.04 Å². The average Bonchev–Trinajstić information content (AvgIpc) is 2.74. The fourth-order valence-corrected chi connectivity index (χ4v) is 2.53. The minimum Gasteiger partial charge on any atom is -0.741 e. The quantitative estimate of drug-likeness (QED) is 0.445. The van der Waals surface area contributed by atoms with Crippen LogP contribution >= 0.6 is 0 Å². The van der Waals surface area contributed by atoms with Gasteiger partial charge in [0.1, 0.15) is 0 Å². The van der Waals surface area contributed by atoms with Crippen LogP contribution in [0.15, 0.2) is 0 Å². The molecule has 0 saturated carbocycles. The summed E-state index contributed by atoms with van der Waals surface area (Å²) in [6.07, 6.45) is 7.11. The monoisotopic (exact) mass is 319 g/mol. The Morgan fingerprint density at radius 1 is 1.05 bits per heavy atom. The average molecular weight is 319 g/mol. The van der Waals surface area contributed by atoms with Gasteiger partial charge in [-0.05, 0) is 12.8 Å². The molecule has 20 heavy (non-hydrogen) atoms. The zero-order valence-corrected chi connectivity index (χ0v) is 12.9. The maximum absolute atomic E-state index is 10.7. The summed E-state index contributed by atoms with van der Waals surface area (Å²) in [5.41, 5.74) is -5.65. The van der Waals surface area contributed by atoms with Gasteiger partial charge in [-0.25, -0.2) is 8.42 Å². The van der Waals surface area contributed by atoms with Crippen molar-refractivity contribution in [2.45, 2.75) is 51.5 Å². The maximum atomic E-state index is 10.7. The topological polar surface area (TPSA) is 57.2 Å². The van der Waals surface area contributed by atoms with E-state index < -0.39 is 15.6 Å². The predicted octanol–water partition coefficient (Wildman–Crippen LogP) is 2.86. The zero-order chi connectivity index (χ0) is 15.9. The third-order valence-electron chi connectivity index (χ3n) is 3.48. The summed E-state index contributed by atoms with van der Waals surface area (Å²) in [5.74, 6) is 0. The summed E-state index contributed by atoms with van der Waals surface area (Å²) in [6, 6.07) is 0. The summed E-state index contributed by atoms with van der Waals surface area (Å²) >= 11 is 0. The van der Waals surface area contributed by atoms with Crippen LogP contribution in [0, 0.1) is 0 Å². The second-order valence-corrected chi connectivity index (χ2v) is 6.57. The van der Waals surface area contributed by atoms with Crippen LogP contribution in [0.5, 0.6) is 0 Å². The number of hydrogen-bond donors (Lipinski definition) is 0. The molecule has 1 aliphatic heterocycles.